The molecule has 0 bridgehead atoms. The summed E-state index contributed by atoms with van der Waals surface area (Å²) < 4.78 is 5.27. The van der Waals surface area contributed by atoms with Gasteiger partial charge in [0.05, 0.1) is 13.5 Å². The Bertz CT molecular complexity index is 508. The van der Waals surface area contributed by atoms with Crippen molar-refractivity contribution in [2.75, 3.05) is 33.3 Å². The zero-order chi connectivity index (χ0) is 15.2. The van der Waals surface area contributed by atoms with E-state index in [0.29, 0.717) is 39.0 Å². The summed E-state index contributed by atoms with van der Waals surface area (Å²) in [7, 11) is 1.61. The van der Waals surface area contributed by atoms with E-state index in [-0.39, 0.29) is 11.8 Å². The Morgan fingerprint density at radius 3 is 2.19 bits per heavy atom. The summed E-state index contributed by atoms with van der Waals surface area (Å²) in [6, 6.07) is 7.57. The second-order valence-electron chi connectivity index (χ2n) is 5.10. The monoisotopic (exact) mass is 290 g/mol. The van der Waals surface area contributed by atoms with Crippen LogP contribution in [0.3, 0.4) is 0 Å². The van der Waals surface area contributed by atoms with Crippen molar-refractivity contribution in [1.29, 1.82) is 0 Å². The summed E-state index contributed by atoms with van der Waals surface area (Å²) in [6.45, 7) is 4.34. The van der Waals surface area contributed by atoms with Crippen LogP contribution in [0.5, 0.6) is 5.75 Å². The van der Waals surface area contributed by atoms with Crippen molar-refractivity contribution in [3.8, 4) is 5.75 Å². The molecule has 1 aliphatic heterocycles. The number of hydrogen-bond donors (Lipinski definition) is 0. The van der Waals surface area contributed by atoms with Crippen LogP contribution in [0.15, 0.2) is 24.3 Å². The van der Waals surface area contributed by atoms with Gasteiger partial charge in [-0.05, 0) is 6.07 Å². The van der Waals surface area contributed by atoms with Crippen LogP contribution in [-0.2, 0) is 16.0 Å². The summed E-state index contributed by atoms with van der Waals surface area (Å²) in [5.41, 5.74) is 0.900. The van der Waals surface area contributed by atoms with Gasteiger partial charge < -0.3 is 14.5 Å². The minimum atomic E-state index is 0.0862. The number of amides is 2. The lowest BCUT2D eigenvalue weighted by molar-refractivity contribution is -0.139. The highest BCUT2D eigenvalue weighted by Crippen LogP contribution is 2.19. The maximum atomic E-state index is 12.3. The fourth-order valence-corrected chi connectivity index (χ4v) is 2.55. The van der Waals surface area contributed by atoms with Crippen molar-refractivity contribution in [1.82, 2.24) is 9.80 Å². The van der Waals surface area contributed by atoms with Crippen LogP contribution in [0, 0.1) is 0 Å². The summed E-state index contributed by atoms with van der Waals surface area (Å²) in [5.74, 6) is 0.987. The highest BCUT2D eigenvalue weighted by Gasteiger charge is 2.23. The minimum absolute atomic E-state index is 0.0862. The Kier molecular flexibility index (Phi) is 5.20. The Hall–Kier alpha value is -2.04. The van der Waals surface area contributed by atoms with E-state index in [2.05, 4.69) is 0 Å². The second-order valence-corrected chi connectivity index (χ2v) is 5.10. The van der Waals surface area contributed by atoms with Crippen molar-refractivity contribution < 1.29 is 14.3 Å². The molecule has 0 radical (unpaired) electrons. The summed E-state index contributed by atoms with van der Waals surface area (Å²) in [5, 5.41) is 0. The number of carbonyl (C=O) groups is 2. The molecule has 1 aromatic rings. The minimum Gasteiger partial charge on any atom is -0.496 e. The van der Waals surface area contributed by atoms with E-state index in [1.807, 2.05) is 41.0 Å². The third-order valence-corrected chi connectivity index (χ3v) is 3.82. The molecule has 114 valence electrons. The SMILES string of the molecule is CCC(=O)N1CCN(C(=O)Cc2ccccc2OC)CC1. The molecular formula is C16H22N2O3. The standard InChI is InChI=1S/C16H22N2O3/c1-3-15(19)17-8-10-18(11-9-17)16(20)12-13-6-4-5-7-14(13)21-2/h4-7H,3,8-12H2,1-2H3. The van der Waals surface area contributed by atoms with E-state index >= 15 is 0 Å². The first-order chi connectivity index (χ1) is 10.2. The lowest BCUT2D eigenvalue weighted by atomic mass is 10.1. The molecule has 0 N–H and O–H groups in total. The van der Waals surface area contributed by atoms with Gasteiger partial charge in [-0.25, -0.2) is 0 Å². The van der Waals surface area contributed by atoms with Gasteiger partial charge in [-0.1, -0.05) is 25.1 Å². The van der Waals surface area contributed by atoms with Crippen LogP contribution in [0.1, 0.15) is 18.9 Å². The second kappa shape index (κ2) is 7.11. The zero-order valence-corrected chi connectivity index (χ0v) is 12.7. The highest BCUT2D eigenvalue weighted by atomic mass is 16.5. The molecule has 21 heavy (non-hydrogen) atoms. The maximum absolute atomic E-state index is 12.3. The number of para-hydroxylation sites is 1. The van der Waals surface area contributed by atoms with Crippen LogP contribution in [-0.4, -0.2) is 54.9 Å². The fourth-order valence-electron chi connectivity index (χ4n) is 2.55. The molecule has 5 nitrogen and oxygen atoms in total. The predicted octanol–water partition coefficient (Wildman–Crippen LogP) is 1.32. The first-order valence-electron chi connectivity index (χ1n) is 7.33. The van der Waals surface area contributed by atoms with E-state index in [1.165, 1.54) is 0 Å². The van der Waals surface area contributed by atoms with Crippen molar-refractivity contribution >= 4 is 11.8 Å². The fraction of sp³-hybridized carbons (Fsp3) is 0.500. The van der Waals surface area contributed by atoms with Gasteiger partial charge in [0.2, 0.25) is 11.8 Å². The van der Waals surface area contributed by atoms with Gasteiger partial charge in [-0.3, -0.25) is 9.59 Å². The Morgan fingerprint density at radius 1 is 1.05 bits per heavy atom. The molecule has 1 aromatic carbocycles. The van der Waals surface area contributed by atoms with Crippen molar-refractivity contribution in [2.45, 2.75) is 19.8 Å². The molecule has 0 aliphatic carbocycles. The molecule has 0 aromatic heterocycles. The average Bonchev–Trinajstić information content (AvgIpc) is 2.54. The van der Waals surface area contributed by atoms with E-state index in [9.17, 15) is 9.59 Å². The van der Waals surface area contributed by atoms with Crippen molar-refractivity contribution in [3.63, 3.8) is 0 Å². The van der Waals surface area contributed by atoms with Gasteiger partial charge in [-0.2, -0.15) is 0 Å². The van der Waals surface area contributed by atoms with Crippen LogP contribution in [0.2, 0.25) is 0 Å². The quantitative estimate of drug-likeness (QED) is 0.840. The molecule has 0 unspecified atom stereocenters. The molecule has 5 heteroatoms. The Labute approximate surface area is 125 Å². The molecule has 2 rings (SSSR count). The average molecular weight is 290 g/mol. The molecule has 1 saturated heterocycles. The number of benzene rings is 1. The van der Waals surface area contributed by atoms with E-state index in [1.54, 1.807) is 7.11 Å². The topological polar surface area (TPSA) is 49.9 Å². The van der Waals surface area contributed by atoms with Gasteiger partial charge in [-0.15, -0.1) is 0 Å². The summed E-state index contributed by atoms with van der Waals surface area (Å²) in [6.07, 6.45) is 0.862. The molecule has 0 atom stereocenters. The van der Waals surface area contributed by atoms with Gasteiger partial charge in [0, 0.05) is 38.2 Å². The van der Waals surface area contributed by atoms with Crippen LogP contribution in [0.25, 0.3) is 0 Å². The molecule has 2 amide bonds. The lowest BCUT2D eigenvalue weighted by Crippen LogP contribution is -2.50. The third-order valence-electron chi connectivity index (χ3n) is 3.82. The number of methoxy groups -OCH3 is 1. The van der Waals surface area contributed by atoms with Crippen molar-refractivity contribution in [2.24, 2.45) is 0 Å². The van der Waals surface area contributed by atoms with Gasteiger partial charge in [0.25, 0.3) is 0 Å². The third kappa shape index (κ3) is 3.74. The number of nitrogens with zero attached hydrogens (tertiary/aromatic N) is 2. The molecule has 0 saturated carbocycles. The number of hydrogen-bond acceptors (Lipinski definition) is 3. The molecular weight excluding hydrogens is 268 g/mol. The molecule has 1 fully saturated rings. The molecule has 0 spiro atoms. The number of ether oxygens (including phenoxy) is 1. The normalized spacial score (nSPS) is 15.0. The highest BCUT2D eigenvalue weighted by molar-refractivity contribution is 5.80. The van der Waals surface area contributed by atoms with E-state index < -0.39 is 0 Å². The van der Waals surface area contributed by atoms with Crippen molar-refractivity contribution in [3.05, 3.63) is 29.8 Å². The van der Waals surface area contributed by atoms with Crippen LogP contribution in [0.4, 0.5) is 0 Å². The number of carbonyl (C=O) groups excluding carboxylic acids is 2. The summed E-state index contributed by atoms with van der Waals surface area (Å²) >= 11 is 0. The first-order valence-corrected chi connectivity index (χ1v) is 7.33. The largest absolute Gasteiger partial charge is 0.496 e. The first kappa shape index (κ1) is 15.4. The zero-order valence-electron chi connectivity index (χ0n) is 12.7. The molecule has 1 aliphatic rings. The van der Waals surface area contributed by atoms with Gasteiger partial charge >= 0.3 is 0 Å². The Balaban J connectivity index is 1.92. The lowest BCUT2D eigenvalue weighted by Gasteiger charge is -2.34. The summed E-state index contributed by atoms with van der Waals surface area (Å²) in [4.78, 5) is 27.6. The van der Waals surface area contributed by atoms with Gasteiger partial charge in [0.1, 0.15) is 5.75 Å². The van der Waals surface area contributed by atoms with Crippen LogP contribution < -0.4 is 4.74 Å². The van der Waals surface area contributed by atoms with E-state index in [4.69, 9.17) is 4.74 Å². The van der Waals surface area contributed by atoms with E-state index in [0.717, 1.165) is 11.3 Å². The number of piperazine rings is 1. The number of rotatable bonds is 4. The van der Waals surface area contributed by atoms with Gasteiger partial charge in [0.15, 0.2) is 0 Å². The molecule has 1 heterocycles. The smallest absolute Gasteiger partial charge is 0.227 e. The van der Waals surface area contributed by atoms with Crippen LogP contribution >= 0.6 is 0 Å². The Morgan fingerprint density at radius 2 is 1.62 bits per heavy atom. The predicted molar refractivity (Wildman–Crippen MR) is 80.1 cm³/mol. The maximum Gasteiger partial charge on any atom is 0.227 e.